The highest BCUT2D eigenvalue weighted by molar-refractivity contribution is 6.14. The van der Waals surface area contributed by atoms with Gasteiger partial charge in [-0.3, -0.25) is 19.5 Å². The Kier molecular flexibility index (Phi) is 4.66. The van der Waals surface area contributed by atoms with E-state index in [1.165, 1.54) is 0 Å². The summed E-state index contributed by atoms with van der Waals surface area (Å²) < 4.78 is 7.90. The molecule has 0 aliphatic carbocycles. The minimum absolute atomic E-state index is 0.0639. The lowest BCUT2D eigenvalue weighted by Crippen LogP contribution is -2.46. The number of carbonyl (C=O) groups excluding carboxylic acids is 1. The second-order valence-corrected chi connectivity index (χ2v) is 9.06. The van der Waals surface area contributed by atoms with Crippen LogP contribution in [0.25, 0.3) is 6.08 Å². The lowest BCUT2D eigenvalue weighted by Gasteiger charge is -2.42. The topological polar surface area (TPSA) is 84.7 Å². The number of aromatic hydroxyl groups is 1. The molecule has 0 radical (unpaired) electrons. The van der Waals surface area contributed by atoms with Crippen molar-refractivity contribution in [2.45, 2.75) is 25.4 Å². The number of ether oxygens (including phenoxy) is 1. The number of fused-ring (bicyclic) bond motifs is 5. The van der Waals surface area contributed by atoms with Gasteiger partial charge >= 0.3 is 0 Å². The number of allylic oxidation sites excluding steroid dienone is 1. The van der Waals surface area contributed by atoms with Gasteiger partial charge < -0.3 is 14.4 Å². The molecule has 0 saturated carbocycles. The number of carbonyl (C=O) groups is 1. The monoisotopic (exact) mass is 441 g/mol. The Morgan fingerprint density at radius 1 is 1.09 bits per heavy atom. The number of nitrogens with zero attached hydrogens (tertiary/aromatic N) is 3. The second kappa shape index (κ2) is 7.71. The number of pyridine rings is 2. The third-order valence-electron chi connectivity index (χ3n) is 6.84. The number of likely N-dealkylation sites (tertiary alicyclic amines) is 1. The fourth-order valence-corrected chi connectivity index (χ4v) is 5.41. The molecule has 0 amide bonds. The van der Waals surface area contributed by atoms with Gasteiger partial charge in [0.25, 0.3) is 5.56 Å². The minimum atomic E-state index is -0.195. The standard InChI is InChI=1S/C26H23N3O4/c30-22-7-6-19-25(32)23(10-16-3-2-8-27-11-16)33-26(19)20(22)15-28-12-17-9-18(14-28)21-4-1-5-24(31)29(21)13-17/h1-8,10-11,17-18,30H,9,12-15H2/b23-10-/t17-,18-/m1/s1. The number of hydrogen-bond acceptors (Lipinski definition) is 6. The average molecular weight is 441 g/mol. The Balaban J connectivity index is 1.29. The molecule has 3 aromatic rings. The number of phenolic OH excluding ortho intramolecular Hbond substituents is 1. The van der Waals surface area contributed by atoms with Gasteiger partial charge in [0.2, 0.25) is 5.78 Å². The Labute approximate surface area is 190 Å². The first-order chi connectivity index (χ1) is 16.1. The highest BCUT2D eigenvalue weighted by atomic mass is 16.5. The maximum atomic E-state index is 12.9. The van der Waals surface area contributed by atoms with E-state index < -0.39 is 0 Å². The molecule has 0 unspecified atom stereocenters. The van der Waals surface area contributed by atoms with Crippen molar-refractivity contribution in [2.75, 3.05) is 13.1 Å². The summed E-state index contributed by atoms with van der Waals surface area (Å²) in [5, 5.41) is 10.7. The van der Waals surface area contributed by atoms with Crippen molar-refractivity contribution < 1.29 is 14.6 Å². The largest absolute Gasteiger partial charge is 0.507 e. The zero-order valence-electron chi connectivity index (χ0n) is 18.0. The van der Waals surface area contributed by atoms with Gasteiger partial charge in [-0.1, -0.05) is 12.1 Å². The van der Waals surface area contributed by atoms with E-state index in [0.29, 0.717) is 35.9 Å². The van der Waals surface area contributed by atoms with Crippen molar-refractivity contribution in [3.8, 4) is 11.5 Å². The number of phenols is 1. The molecule has 3 aliphatic heterocycles. The molecule has 2 bridgehead atoms. The summed E-state index contributed by atoms with van der Waals surface area (Å²) in [6.45, 7) is 2.81. The smallest absolute Gasteiger partial charge is 0.250 e. The van der Waals surface area contributed by atoms with Crippen LogP contribution >= 0.6 is 0 Å². The van der Waals surface area contributed by atoms with Gasteiger partial charge in [-0.2, -0.15) is 0 Å². The summed E-state index contributed by atoms with van der Waals surface area (Å²) in [6.07, 6.45) is 6.08. The van der Waals surface area contributed by atoms with E-state index in [1.807, 2.05) is 22.8 Å². The minimum Gasteiger partial charge on any atom is -0.507 e. The van der Waals surface area contributed by atoms with Crippen LogP contribution in [0.2, 0.25) is 0 Å². The molecule has 0 spiro atoms. The van der Waals surface area contributed by atoms with Gasteiger partial charge in [-0.05, 0) is 48.2 Å². The van der Waals surface area contributed by atoms with E-state index in [9.17, 15) is 14.7 Å². The maximum Gasteiger partial charge on any atom is 0.250 e. The molecule has 1 aromatic carbocycles. The molecule has 7 heteroatoms. The predicted octanol–water partition coefficient (Wildman–Crippen LogP) is 3.18. The van der Waals surface area contributed by atoms with Gasteiger partial charge in [0, 0.05) is 56.3 Å². The molecule has 166 valence electrons. The SMILES string of the molecule is O=C1/C(=C/c2cccnc2)Oc2c1ccc(O)c2CN1C[C@H]2C[C@H](C1)c1cccc(=O)n1C2. The Morgan fingerprint density at radius 2 is 2.00 bits per heavy atom. The Hall–Kier alpha value is -3.71. The van der Waals surface area contributed by atoms with E-state index in [-0.39, 0.29) is 28.8 Å². The molecular weight excluding hydrogens is 418 g/mol. The quantitative estimate of drug-likeness (QED) is 0.629. The van der Waals surface area contributed by atoms with Crippen molar-refractivity contribution in [3.63, 3.8) is 0 Å². The first-order valence-corrected chi connectivity index (χ1v) is 11.2. The van der Waals surface area contributed by atoms with Crippen LogP contribution in [0.3, 0.4) is 0 Å². The number of piperidine rings is 1. The highest BCUT2D eigenvalue weighted by Gasteiger charge is 2.36. The molecule has 5 heterocycles. The van der Waals surface area contributed by atoms with Crippen molar-refractivity contribution in [3.05, 3.63) is 93.4 Å². The lowest BCUT2D eigenvalue weighted by atomic mass is 9.83. The molecule has 1 N–H and O–H groups in total. The summed E-state index contributed by atoms with van der Waals surface area (Å²) >= 11 is 0. The molecule has 1 fully saturated rings. The average Bonchev–Trinajstić information content (AvgIpc) is 3.12. The number of ketones is 1. The van der Waals surface area contributed by atoms with Gasteiger partial charge in [0.1, 0.15) is 11.5 Å². The van der Waals surface area contributed by atoms with Crippen molar-refractivity contribution >= 4 is 11.9 Å². The van der Waals surface area contributed by atoms with Gasteiger partial charge in [-0.25, -0.2) is 0 Å². The number of aromatic nitrogens is 2. The summed E-state index contributed by atoms with van der Waals surface area (Å²) in [4.78, 5) is 31.6. The van der Waals surface area contributed by atoms with E-state index in [0.717, 1.165) is 30.8 Å². The third kappa shape index (κ3) is 3.45. The summed E-state index contributed by atoms with van der Waals surface area (Å²) in [5.74, 6) is 1.24. The molecule has 2 aromatic heterocycles. The fourth-order valence-electron chi connectivity index (χ4n) is 5.41. The molecule has 33 heavy (non-hydrogen) atoms. The Bertz CT molecular complexity index is 1350. The fraction of sp³-hybridized carbons (Fsp3) is 0.269. The molecular formula is C26H23N3O4. The first kappa shape index (κ1) is 19.9. The number of hydrogen-bond donors (Lipinski definition) is 1. The third-order valence-corrected chi connectivity index (χ3v) is 6.84. The number of rotatable bonds is 3. The molecule has 1 saturated heterocycles. The van der Waals surface area contributed by atoms with Crippen LogP contribution in [0, 0.1) is 5.92 Å². The number of benzene rings is 1. The predicted molar refractivity (Wildman–Crippen MR) is 122 cm³/mol. The van der Waals surface area contributed by atoms with Crippen LogP contribution in [-0.2, 0) is 13.1 Å². The lowest BCUT2D eigenvalue weighted by molar-refractivity contribution is 0.101. The van der Waals surface area contributed by atoms with Crippen LogP contribution in [-0.4, -0.2) is 38.4 Å². The molecule has 6 rings (SSSR count). The van der Waals surface area contributed by atoms with Gasteiger partial charge in [0.05, 0.1) is 11.1 Å². The summed E-state index contributed by atoms with van der Waals surface area (Å²) in [7, 11) is 0. The van der Waals surface area contributed by atoms with E-state index in [4.69, 9.17) is 4.74 Å². The maximum absolute atomic E-state index is 12.9. The van der Waals surface area contributed by atoms with Crippen LogP contribution in [0.15, 0.2) is 65.4 Å². The van der Waals surface area contributed by atoms with E-state index in [2.05, 4.69) is 9.88 Å². The first-order valence-electron chi connectivity index (χ1n) is 11.2. The van der Waals surface area contributed by atoms with Gasteiger partial charge in [0.15, 0.2) is 5.76 Å². The molecule has 7 nitrogen and oxygen atoms in total. The van der Waals surface area contributed by atoms with Crippen molar-refractivity contribution in [2.24, 2.45) is 5.92 Å². The van der Waals surface area contributed by atoms with E-state index in [1.54, 1.807) is 42.7 Å². The summed E-state index contributed by atoms with van der Waals surface area (Å²) in [6, 6.07) is 12.3. The highest BCUT2D eigenvalue weighted by Crippen LogP contribution is 2.42. The van der Waals surface area contributed by atoms with Crippen molar-refractivity contribution in [1.82, 2.24) is 14.5 Å². The molecule has 2 atom stereocenters. The zero-order valence-corrected chi connectivity index (χ0v) is 18.0. The van der Waals surface area contributed by atoms with Crippen LogP contribution in [0.4, 0.5) is 0 Å². The second-order valence-electron chi connectivity index (χ2n) is 9.06. The van der Waals surface area contributed by atoms with E-state index >= 15 is 0 Å². The molecule has 3 aliphatic rings. The van der Waals surface area contributed by atoms with Gasteiger partial charge in [-0.15, -0.1) is 0 Å². The zero-order chi connectivity index (χ0) is 22.5. The normalized spacial score (nSPS) is 22.7. The summed E-state index contributed by atoms with van der Waals surface area (Å²) in [5.41, 5.74) is 3.01. The van der Waals surface area contributed by atoms with Crippen molar-refractivity contribution in [1.29, 1.82) is 0 Å². The Morgan fingerprint density at radius 3 is 2.85 bits per heavy atom. The number of Topliss-reactive ketones (excluding diaryl/α,β-unsaturated/α-hetero) is 1. The van der Waals surface area contributed by atoms with Crippen LogP contribution in [0.5, 0.6) is 11.5 Å². The van der Waals surface area contributed by atoms with Crippen LogP contribution < -0.4 is 10.3 Å². The van der Waals surface area contributed by atoms with Crippen LogP contribution in [0.1, 0.15) is 39.5 Å².